The number of hydrogen-bond acceptors (Lipinski definition) is 5. The van der Waals surface area contributed by atoms with Crippen molar-refractivity contribution in [2.45, 2.75) is 63.5 Å². The van der Waals surface area contributed by atoms with Gasteiger partial charge in [0.05, 0.1) is 34.8 Å². The van der Waals surface area contributed by atoms with Crippen molar-refractivity contribution in [3.05, 3.63) is 36.2 Å². The summed E-state index contributed by atoms with van der Waals surface area (Å²) in [5, 5.41) is 10.1. The molecule has 1 saturated heterocycles. The predicted molar refractivity (Wildman–Crippen MR) is 124 cm³/mol. The number of aliphatic hydroxyl groups excluding tert-OH is 1. The second-order valence-electron chi connectivity index (χ2n) is 9.24. The molecule has 0 bridgehead atoms. The summed E-state index contributed by atoms with van der Waals surface area (Å²) in [7, 11) is 0. The fourth-order valence-electron chi connectivity index (χ4n) is 5.47. The SMILES string of the molecule is OC1CCCN(c2cc3c(c(-c4ccc5c(c4)ncn5C4CCCCC4)n2)N=CC3)C1. The number of imidazole rings is 1. The van der Waals surface area contributed by atoms with Gasteiger partial charge in [-0.15, -0.1) is 0 Å². The van der Waals surface area contributed by atoms with E-state index in [1.54, 1.807) is 0 Å². The average Bonchev–Trinajstić information content (AvgIpc) is 3.45. The van der Waals surface area contributed by atoms with E-state index in [9.17, 15) is 5.11 Å². The maximum atomic E-state index is 10.1. The summed E-state index contributed by atoms with van der Waals surface area (Å²) in [6, 6.07) is 9.27. The summed E-state index contributed by atoms with van der Waals surface area (Å²) in [4.78, 5) is 16.7. The minimum atomic E-state index is -0.274. The van der Waals surface area contributed by atoms with Gasteiger partial charge in [-0.25, -0.2) is 9.97 Å². The van der Waals surface area contributed by atoms with Gasteiger partial charge in [0.2, 0.25) is 0 Å². The van der Waals surface area contributed by atoms with Crippen molar-refractivity contribution < 1.29 is 5.11 Å². The summed E-state index contributed by atoms with van der Waals surface area (Å²) in [5.74, 6) is 0.950. The molecule has 1 aromatic carbocycles. The molecule has 3 aliphatic rings. The lowest BCUT2D eigenvalue weighted by Gasteiger charge is -2.31. The van der Waals surface area contributed by atoms with E-state index in [2.05, 4.69) is 38.7 Å². The highest BCUT2D eigenvalue weighted by Crippen LogP contribution is 2.39. The minimum Gasteiger partial charge on any atom is -0.391 e. The highest BCUT2D eigenvalue weighted by Gasteiger charge is 2.24. The van der Waals surface area contributed by atoms with Crippen LogP contribution < -0.4 is 4.90 Å². The zero-order valence-corrected chi connectivity index (χ0v) is 17.9. The summed E-state index contributed by atoms with van der Waals surface area (Å²) < 4.78 is 2.37. The van der Waals surface area contributed by atoms with E-state index in [1.165, 1.54) is 43.2 Å². The molecule has 6 rings (SSSR count). The zero-order chi connectivity index (χ0) is 20.8. The molecule has 31 heavy (non-hydrogen) atoms. The van der Waals surface area contributed by atoms with Gasteiger partial charge in [-0.1, -0.05) is 25.3 Å². The van der Waals surface area contributed by atoms with Crippen molar-refractivity contribution in [3.8, 4) is 11.3 Å². The van der Waals surface area contributed by atoms with Crippen LogP contribution in [0.25, 0.3) is 22.3 Å². The molecule has 160 valence electrons. The summed E-state index contributed by atoms with van der Waals surface area (Å²) in [5.41, 5.74) is 6.43. The number of piperidine rings is 1. The van der Waals surface area contributed by atoms with Crippen molar-refractivity contribution >= 4 is 28.8 Å². The summed E-state index contributed by atoms with van der Waals surface area (Å²) in [6.45, 7) is 1.59. The van der Waals surface area contributed by atoms with Crippen LogP contribution in [0.2, 0.25) is 0 Å². The fourth-order valence-corrected chi connectivity index (χ4v) is 5.47. The second-order valence-corrected chi connectivity index (χ2v) is 9.24. The van der Waals surface area contributed by atoms with Crippen LogP contribution in [0, 0.1) is 0 Å². The number of benzene rings is 1. The topological polar surface area (TPSA) is 66.5 Å². The van der Waals surface area contributed by atoms with E-state index in [4.69, 9.17) is 9.97 Å². The van der Waals surface area contributed by atoms with Gasteiger partial charge in [0.15, 0.2) is 0 Å². The molecule has 0 spiro atoms. The Balaban J connectivity index is 1.40. The summed E-state index contributed by atoms with van der Waals surface area (Å²) in [6.07, 6.45) is 12.9. The number of rotatable bonds is 3. The van der Waals surface area contributed by atoms with E-state index in [1.807, 2.05) is 12.5 Å². The molecular formula is C25H29N5O. The van der Waals surface area contributed by atoms with Crippen LogP contribution >= 0.6 is 0 Å². The zero-order valence-electron chi connectivity index (χ0n) is 17.9. The highest BCUT2D eigenvalue weighted by molar-refractivity contribution is 5.89. The van der Waals surface area contributed by atoms with Crippen molar-refractivity contribution in [2.24, 2.45) is 4.99 Å². The van der Waals surface area contributed by atoms with Crippen LogP contribution in [0.15, 0.2) is 35.6 Å². The van der Waals surface area contributed by atoms with Crippen LogP contribution in [-0.4, -0.2) is 45.0 Å². The molecule has 4 heterocycles. The smallest absolute Gasteiger partial charge is 0.129 e. The number of aliphatic hydroxyl groups is 1. The molecule has 2 aromatic heterocycles. The molecule has 3 aromatic rings. The molecule has 1 saturated carbocycles. The van der Waals surface area contributed by atoms with E-state index in [0.29, 0.717) is 12.6 Å². The number of anilines is 1. The van der Waals surface area contributed by atoms with Crippen LogP contribution in [0.4, 0.5) is 11.5 Å². The number of pyridine rings is 1. The molecule has 6 nitrogen and oxygen atoms in total. The normalized spacial score (nSPS) is 21.7. The molecular weight excluding hydrogens is 386 g/mol. The Bertz CT molecular complexity index is 1140. The number of β-amino-alcohol motifs (C(OH)–C–C–N with tert-alkyl or cyclic N) is 1. The lowest BCUT2D eigenvalue weighted by Crippen LogP contribution is -2.38. The van der Waals surface area contributed by atoms with Crippen molar-refractivity contribution in [2.75, 3.05) is 18.0 Å². The molecule has 2 fully saturated rings. The second kappa shape index (κ2) is 7.75. The lowest BCUT2D eigenvalue weighted by molar-refractivity contribution is 0.154. The lowest BCUT2D eigenvalue weighted by atomic mass is 9.95. The van der Waals surface area contributed by atoms with Crippen molar-refractivity contribution in [1.82, 2.24) is 14.5 Å². The Labute approximate surface area is 182 Å². The summed E-state index contributed by atoms with van der Waals surface area (Å²) >= 11 is 0. The molecule has 1 N–H and O–H groups in total. The van der Waals surface area contributed by atoms with Crippen LogP contribution in [0.3, 0.4) is 0 Å². The fraction of sp³-hybridized carbons (Fsp3) is 0.480. The van der Waals surface area contributed by atoms with Gasteiger partial charge < -0.3 is 14.6 Å². The Morgan fingerprint density at radius 3 is 2.77 bits per heavy atom. The standard InChI is InChI=1S/C25H29N5O/c31-20-7-4-12-29(15-20)23-14-18-10-11-26-24(18)25(28-23)17-8-9-22-21(13-17)27-16-30(22)19-5-2-1-3-6-19/h8-9,11,13-14,16,19-20,31H,1-7,10,12,15H2. The minimum absolute atomic E-state index is 0.274. The first-order valence-electron chi connectivity index (χ1n) is 11.7. The van der Waals surface area contributed by atoms with E-state index >= 15 is 0 Å². The molecule has 2 aliphatic heterocycles. The first kappa shape index (κ1) is 19.0. The van der Waals surface area contributed by atoms with Crippen LogP contribution in [-0.2, 0) is 6.42 Å². The Kier molecular flexibility index (Phi) is 4.75. The van der Waals surface area contributed by atoms with Gasteiger partial charge in [-0.3, -0.25) is 4.99 Å². The number of aromatic nitrogens is 3. The first-order chi connectivity index (χ1) is 15.3. The molecule has 6 heteroatoms. The molecule has 1 aliphatic carbocycles. The van der Waals surface area contributed by atoms with Crippen LogP contribution in [0.5, 0.6) is 0 Å². The van der Waals surface area contributed by atoms with Gasteiger partial charge in [-0.2, -0.15) is 0 Å². The average molecular weight is 416 g/mol. The van der Waals surface area contributed by atoms with Crippen molar-refractivity contribution in [3.63, 3.8) is 0 Å². The Morgan fingerprint density at radius 1 is 1.00 bits per heavy atom. The third kappa shape index (κ3) is 3.43. The first-order valence-corrected chi connectivity index (χ1v) is 11.7. The highest BCUT2D eigenvalue weighted by atomic mass is 16.3. The number of fused-ring (bicyclic) bond motifs is 2. The largest absolute Gasteiger partial charge is 0.391 e. The van der Waals surface area contributed by atoms with E-state index < -0.39 is 0 Å². The molecule has 0 amide bonds. The van der Waals surface area contributed by atoms with E-state index in [0.717, 1.165) is 54.1 Å². The Hall–Kier alpha value is -2.73. The monoisotopic (exact) mass is 415 g/mol. The quantitative estimate of drug-likeness (QED) is 0.666. The molecule has 1 unspecified atom stereocenters. The number of hydrogen-bond donors (Lipinski definition) is 1. The Morgan fingerprint density at radius 2 is 1.90 bits per heavy atom. The third-order valence-electron chi connectivity index (χ3n) is 7.13. The van der Waals surface area contributed by atoms with Gasteiger partial charge in [0.25, 0.3) is 0 Å². The van der Waals surface area contributed by atoms with Crippen molar-refractivity contribution in [1.29, 1.82) is 0 Å². The van der Waals surface area contributed by atoms with Crippen LogP contribution in [0.1, 0.15) is 56.6 Å². The van der Waals surface area contributed by atoms with Gasteiger partial charge in [0.1, 0.15) is 5.82 Å². The predicted octanol–water partition coefficient (Wildman–Crippen LogP) is 4.82. The maximum absolute atomic E-state index is 10.1. The van der Waals surface area contributed by atoms with Gasteiger partial charge >= 0.3 is 0 Å². The third-order valence-corrected chi connectivity index (χ3v) is 7.13. The van der Waals surface area contributed by atoms with Gasteiger partial charge in [0, 0.05) is 37.3 Å². The molecule has 1 atom stereocenters. The van der Waals surface area contributed by atoms with E-state index in [-0.39, 0.29) is 6.10 Å². The number of aliphatic imine (C=N–C) groups is 1. The molecule has 0 radical (unpaired) electrons. The van der Waals surface area contributed by atoms with Gasteiger partial charge in [-0.05, 0) is 49.4 Å². The maximum Gasteiger partial charge on any atom is 0.129 e. The number of nitrogens with zero attached hydrogens (tertiary/aromatic N) is 5.